The van der Waals surface area contributed by atoms with Gasteiger partial charge in [-0.2, -0.15) is 5.10 Å². The molecule has 3 rings (SSSR count). The van der Waals surface area contributed by atoms with Crippen molar-refractivity contribution in [2.24, 2.45) is 7.05 Å². The van der Waals surface area contributed by atoms with Crippen LogP contribution in [0.1, 0.15) is 17.0 Å². The quantitative estimate of drug-likeness (QED) is 0.734. The molecular formula is C15H16BrClN4. The van der Waals surface area contributed by atoms with Gasteiger partial charge < -0.3 is 10.3 Å². The third kappa shape index (κ3) is 3.15. The summed E-state index contributed by atoms with van der Waals surface area (Å²) < 4.78 is 2.82. The number of H-pyrrole nitrogens is 1. The zero-order chi connectivity index (χ0) is 15.0. The summed E-state index contributed by atoms with van der Waals surface area (Å²) in [5.74, 6) is 0. The highest BCUT2D eigenvalue weighted by molar-refractivity contribution is 9.10. The Kier molecular flexibility index (Phi) is 4.06. The maximum Gasteiger partial charge on any atom is 0.0948 e. The van der Waals surface area contributed by atoms with Crippen LogP contribution in [0.5, 0.6) is 0 Å². The van der Waals surface area contributed by atoms with E-state index in [9.17, 15) is 0 Å². The molecule has 3 aromatic rings. The van der Waals surface area contributed by atoms with Crippen LogP contribution in [-0.4, -0.2) is 14.8 Å². The third-order valence-electron chi connectivity index (χ3n) is 3.43. The van der Waals surface area contributed by atoms with Gasteiger partial charge in [0.2, 0.25) is 0 Å². The Hall–Kier alpha value is -1.30. The van der Waals surface area contributed by atoms with E-state index in [1.54, 1.807) is 4.68 Å². The first kappa shape index (κ1) is 14.6. The van der Waals surface area contributed by atoms with Crippen LogP contribution in [0, 0.1) is 6.92 Å². The lowest BCUT2D eigenvalue weighted by molar-refractivity contribution is 0.650. The smallest absolute Gasteiger partial charge is 0.0948 e. The summed E-state index contributed by atoms with van der Waals surface area (Å²) in [6.45, 7) is 3.52. The van der Waals surface area contributed by atoms with Crippen LogP contribution in [0.2, 0.25) is 5.02 Å². The lowest BCUT2D eigenvalue weighted by Gasteiger charge is -2.00. The van der Waals surface area contributed by atoms with Gasteiger partial charge in [-0.05, 0) is 30.7 Å². The van der Waals surface area contributed by atoms with E-state index >= 15 is 0 Å². The summed E-state index contributed by atoms with van der Waals surface area (Å²) >= 11 is 9.62. The molecule has 0 saturated carbocycles. The van der Waals surface area contributed by atoms with Crippen molar-refractivity contribution >= 4 is 38.4 Å². The number of hydrogen-bond donors (Lipinski definition) is 2. The molecule has 0 fully saturated rings. The average molecular weight is 368 g/mol. The SMILES string of the molecule is Cc1cc(Br)cc2[nH]c(CNCc3nn(C)cc3Cl)cc12. The van der Waals surface area contributed by atoms with Crippen LogP contribution in [0.15, 0.2) is 28.9 Å². The van der Waals surface area contributed by atoms with Crippen LogP contribution in [0.25, 0.3) is 10.9 Å². The van der Waals surface area contributed by atoms with E-state index in [1.165, 1.54) is 10.9 Å². The Bertz CT molecular complexity index is 790. The fraction of sp³-hybridized carbons (Fsp3) is 0.267. The van der Waals surface area contributed by atoms with Gasteiger partial charge in [-0.3, -0.25) is 4.68 Å². The molecule has 110 valence electrons. The second-order valence-electron chi connectivity index (χ2n) is 5.18. The van der Waals surface area contributed by atoms with E-state index in [1.807, 2.05) is 13.2 Å². The van der Waals surface area contributed by atoms with Gasteiger partial charge in [-0.1, -0.05) is 27.5 Å². The van der Waals surface area contributed by atoms with Gasteiger partial charge in [0.05, 0.1) is 10.7 Å². The number of aromatic nitrogens is 3. The lowest BCUT2D eigenvalue weighted by Crippen LogP contribution is -2.13. The molecule has 2 aromatic heterocycles. The molecule has 0 bridgehead atoms. The van der Waals surface area contributed by atoms with Gasteiger partial charge in [-0.25, -0.2) is 0 Å². The number of nitrogens with zero attached hydrogens (tertiary/aromatic N) is 2. The first-order valence-electron chi connectivity index (χ1n) is 6.69. The summed E-state index contributed by atoms with van der Waals surface area (Å²) in [5, 5.41) is 9.63. The summed E-state index contributed by atoms with van der Waals surface area (Å²) in [4.78, 5) is 3.43. The molecule has 0 aliphatic heterocycles. The van der Waals surface area contributed by atoms with Crippen molar-refractivity contribution in [1.29, 1.82) is 0 Å². The Morgan fingerprint density at radius 1 is 1.33 bits per heavy atom. The van der Waals surface area contributed by atoms with Gasteiger partial charge in [0.25, 0.3) is 0 Å². The number of fused-ring (bicyclic) bond motifs is 1. The number of halogens is 2. The molecule has 0 aliphatic carbocycles. The predicted molar refractivity (Wildman–Crippen MR) is 89.5 cm³/mol. The summed E-state index contributed by atoms with van der Waals surface area (Å²) in [6.07, 6.45) is 1.81. The fourth-order valence-corrected chi connectivity index (χ4v) is 3.29. The first-order chi connectivity index (χ1) is 10.0. The number of benzene rings is 1. The molecule has 0 amide bonds. The van der Waals surface area contributed by atoms with Crippen molar-refractivity contribution in [2.45, 2.75) is 20.0 Å². The molecule has 2 N–H and O–H groups in total. The van der Waals surface area contributed by atoms with Crippen molar-refractivity contribution in [3.63, 3.8) is 0 Å². The zero-order valence-corrected chi connectivity index (χ0v) is 14.2. The Morgan fingerprint density at radius 3 is 2.86 bits per heavy atom. The highest BCUT2D eigenvalue weighted by Crippen LogP contribution is 2.24. The number of nitrogens with one attached hydrogen (secondary N) is 2. The average Bonchev–Trinajstić information content (AvgIpc) is 2.93. The van der Waals surface area contributed by atoms with Crippen molar-refractivity contribution in [2.75, 3.05) is 0 Å². The van der Waals surface area contributed by atoms with Crippen molar-refractivity contribution < 1.29 is 0 Å². The number of aryl methyl sites for hydroxylation is 2. The van der Waals surface area contributed by atoms with Crippen LogP contribution < -0.4 is 5.32 Å². The van der Waals surface area contributed by atoms with Crippen LogP contribution >= 0.6 is 27.5 Å². The van der Waals surface area contributed by atoms with Crippen molar-refractivity contribution in [1.82, 2.24) is 20.1 Å². The molecule has 1 aromatic carbocycles. The highest BCUT2D eigenvalue weighted by atomic mass is 79.9. The highest BCUT2D eigenvalue weighted by Gasteiger charge is 2.07. The molecule has 0 spiro atoms. The minimum Gasteiger partial charge on any atom is -0.357 e. The number of rotatable bonds is 4. The molecule has 0 saturated heterocycles. The van der Waals surface area contributed by atoms with Crippen LogP contribution in [0.4, 0.5) is 0 Å². The summed E-state index contributed by atoms with van der Waals surface area (Å²) in [6, 6.07) is 6.41. The largest absolute Gasteiger partial charge is 0.357 e. The maximum atomic E-state index is 6.09. The monoisotopic (exact) mass is 366 g/mol. The van der Waals surface area contributed by atoms with Crippen molar-refractivity contribution in [3.8, 4) is 0 Å². The van der Waals surface area contributed by atoms with Crippen LogP contribution in [-0.2, 0) is 20.1 Å². The molecule has 21 heavy (non-hydrogen) atoms. The fourth-order valence-electron chi connectivity index (χ4n) is 2.47. The van der Waals surface area contributed by atoms with Gasteiger partial charge in [-0.15, -0.1) is 0 Å². The number of aromatic amines is 1. The topological polar surface area (TPSA) is 45.6 Å². The molecule has 4 nitrogen and oxygen atoms in total. The molecular weight excluding hydrogens is 352 g/mol. The summed E-state index contributed by atoms with van der Waals surface area (Å²) in [5.41, 5.74) is 4.43. The van der Waals surface area contributed by atoms with Gasteiger partial charge in [0.15, 0.2) is 0 Å². The second kappa shape index (κ2) is 5.83. The molecule has 0 aliphatic rings. The Morgan fingerprint density at radius 2 is 2.14 bits per heavy atom. The molecule has 0 atom stereocenters. The minimum atomic E-state index is 0.651. The third-order valence-corrected chi connectivity index (χ3v) is 4.20. The first-order valence-corrected chi connectivity index (χ1v) is 7.86. The summed E-state index contributed by atoms with van der Waals surface area (Å²) in [7, 11) is 1.87. The maximum absolute atomic E-state index is 6.09. The molecule has 2 heterocycles. The molecule has 6 heteroatoms. The van der Waals surface area contributed by atoms with E-state index in [4.69, 9.17) is 11.6 Å². The number of hydrogen-bond acceptors (Lipinski definition) is 2. The van der Waals surface area contributed by atoms with E-state index in [0.29, 0.717) is 11.6 Å². The lowest BCUT2D eigenvalue weighted by atomic mass is 10.1. The molecule has 0 radical (unpaired) electrons. The van der Waals surface area contributed by atoms with Gasteiger partial charge in [0.1, 0.15) is 0 Å². The van der Waals surface area contributed by atoms with E-state index in [-0.39, 0.29) is 0 Å². The molecule has 0 unspecified atom stereocenters. The van der Waals surface area contributed by atoms with E-state index < -0.39 is 0 Å². The van der Waals surface area contributed by atoms with Gasteiger partial charge in [0, 0.05) is 47.4 Å². The Balaban J connectivity index is 1.71. The Labute approximate surface area is 136 Å². The van der Waals surface area contributed by atoms with Crippen LogP contribution in [0.3, 0.4) is 0 Å². The zero-order valence-electron chi connectivity index (χ0n) is 11.9. The minimum absolute atomic E-state index is 0.651. The normalized spacial score (nSPS) is 11.4. The predicted octanol–water partition coefficient (Wildman–Crippen LogP) is 3.92. The standard InChI is InChI=1S/C15H16BrClN4/c1-9-3-10(16)4-14-12(9)5-11(19-14)6-18-7-15-13(17)8-21(2)20-15/h3-5,8,18-19H,6-7H2,1-2H3. The second-order valence-corrected chi connectivity index (χ2v) is 6.50. The van der Waals surface area contributed by atoms with E-state index in [0.717, 1.165) is 27.9 Å². The van der Waals surface area contributed by atoms with E-state index in [2.05, 4.69) is 56.5 Å². The van der Waals surface area contributed by atoms with Gasteiger partial charge >= 0.3 is 0 Å². The van der Waals surface area contributed by atoms with Crippen molar-refractivity contribution in [3.05, 3.63) is 50.8 Å².